The summed E-state index contributed by atoms with van der Waals surface area (Å²) >= 11 is 0. The summed E-state index contributed by atoms with van der Waals surface area (Å²) in [4.78, 5) is 11.3. The van der Waals surface area contributed by atoms with Crippen molar-refractivity contribution in [2.75, 3.05) is 0 Å². The number of hydrogen-bond donors (Lipinski definition) is 2. The largest absolute Gasteiger partial charge is 0.271 e. The van der Waals surface area contributed by atoms with Gasteiger partial charge in [-0.1, -0.05) is 33.6 Å². The quantitative estimate of drug-likeness (QED) is 0.297. The van der Waals surface area contributed by atoms with Gasteiger partial charge in [-0.3, -0.25) is 10.0 Å². The highest BCUT2D eigenvalue weighted by Gasteiger charge is 2.25. The van der Waals surface area contributed by atoms with Crippen molar-refractivity contribution in [2.45, 2.75) is 40.0 Å². The van der Waals surface area contributed by atoms with Crippen molar-refractivity contribution in [1.29, 1.82) is 0 Å². The minimum absolute atomic E-state index is 0.157. The summed E-state index contributed by atoms with van der Waals surface area (Å²) in [6.07, 6.45) is 2.74. The molecule has 0 saturated heterocycles. The van der Waals surface area contributed by atoms with E-state index in [2.05, 4.69) is 6.92 Å². The molecule has 0 saturated carbocycles. The third-order valence-electron chi connectivity index (χ3n) is 2.41. The number of carbonyl (C=O) groups excluding carboxylic acids is 1. The standard InChI is InChI=1S/C9H20N2O2/c1-4-6-7(3)8(5-2)9(12)11(10)13/h7-8,13H,4-6,10H2,1-3H3. The van der Waals surface area contributed by atoms with Gasteiger partial charge in [0, 0.05) is 5.92 Å². The fraction of sp³-hybridized carbons (Fsp3) is 0.889. The van der Waals surface area contributed by atoms with Gasteiger partial charge in [0.1, 0.15) is 0 Å². The van der Waals surface area contributed by atoms with Gasteiger partial charge in [-0.25, -0.2) is 5.84 Å². The lowest BCUT2D eigenvalue weighted by Gasteiger charge is -2.22. The van der Waals surface area contributed by atoms with Crippen molar-refractivity contribution in [1.82, 2.24) is 5.17 Å². The van der Waals surface area contributed by atoms with Crippen LogP contribution in [-0.4, -0.2) is 16.3 Å². The number of hydrogen-bond acceptors (Lipinski definition) is 3. The minimum Gasteiger partial charge on any atom is -0.271 e. The number of rotatable bonds is 5. The number of amides is 1. The summed E-state index contributed by atoms with van der Waals surface area (Å²) in [6.45, 7) is 6.02. The molecule has 4 nitrogen and oxygen atoms in total. The number of carbonyl (C=O) groups is 1. The molecule has 3 N–H and O–H groups in total. The van der Waals surface area contributed by atoms with Gasteiger partial charge >= 0.3 is 0 Å². The fourth-order valence-corrected chi connectivity index (χ4v) is 1.65. The van der Waals surface area contributed by atoms with E-state index in [1.165, 1.54) is 0 Å². The van der Waals surface area contributed by atoms with Crippen LogP contribution in [0.2, 0.25) is 0 Å². The van der Waals surface area contributed by atoms with Crippen LogP contribution < -0.4 is 5.84 Å². The Morgan fingerprint density at radius 3 is 2.38 bits per heavy atom. The molecular formula is C9H20N2O2. The van der Waals surface area contributed by atoms with E-state index in [1.54, 1.807) is 0 Å². The molecule has 0 rings (SSSR count). The Morgan fingerprint density at radius 1 is 1.54 bits per heavy atom. The van der Waals surface area contributed by atoms with Crippen molar-refractivity contribution in [3.05, 3.63) is 0 Å². The normalized spacial score (nSPS) is 15.2. The van der Waals surface area contributed by atoms with Gasteiger partial charge in [-0.15, -0.1) is 0 Å². The van der Waals surface area contributed by atoms with E-state index < -0.39 is 0 Å². The molecule has 0 aliphatic carbocycles. The molecule has 0 radical (unpaired) electrons. The van der Waals surface area contributed by atoms with E-state index in [-0.39, 0.29) is 22.9 Å². The third-order valence-corrected chi connectivity index (χ3v) is 2.41. The third kappa shape index (κ3) is 3.74. The zero-order chi connectivity index (χ0) is 10.4. The van der Waals surface area contributed by atoms with Crippen LogP contribution >= 0.6 is 0 Å². The Bertz CT molecular complexity index is 160. The molecule has 0 aromatic rings. The van der Waals surface area contributed by atoms with Crippen LogP contribution in [0.15, 0.2) is 0 Å². The van der Waals surface area contributed by atoms with Crippen molar-refractivity contribution in [2.24, 2.45) is 17.7 Å². The Morgan fingerprint density at radius 2 is 2.08 bits per heavy atom. The van der Waals surface area contributed by atoms with Crippen molar-refractivity contribution >= 4 is 5.91 Å². The van der Waals surface area contributed by atoms with Gasteiger partial charge in [0.15, 0.2) is 0 Å². The second-order valence-electron chi connectivity index (χ2n) is 3.46. The minimum atomic E-state index is -0.386. The Hall–Kier alpha value is -0.610. The molecule has 0 aromatic heterocycles. The smallest absolute Gasteiger partial charge is 0.264 e. The van der Waals surface area contributed by atoms with E-state index in [9.17, 15) is 4.79 Å². The van der Waals surface area contributed by atoms with E-state index in [0.717, 1.165) is 12.8 Å². The highest BCUT2D eigenvalue weighted by Crippen LogP contribution is 2.21. The van der Waals surface area contributed by atoms with Gasteiger partial charge in [0.2, 0.25) is 0 Å². The van der Waals surface area contributed by atoms with E-state index in [0.29, 0.717) is 6.42 Å². The first kappa shape index (κ1) is 12.4. The lowest BCUT2D eigenvalue weighted by molar-refractivity contribution is -0.173. The summed E-state index contributed by atoms with van der Waals surface area (Å²) in [5, 5.41) is 9.01. The average molecular weight is 188 g/mol. The molecule has 2 unspecified atom stereocenters. The van der Waals surface area contributed by atoms with Crippen LogP contribution in [0.3, 0.4) is 0 Å². The van der Waals surface area contributed by atoms with Crippen LogP contribution in [0.25, 0.3) is 0 Å². The van der Waals surface area contributed by atoms with Crippen LogP contribution in [0.1, 0.15) is 40.0 Å². The fourth-order valence-electron chi connectivity index (χ4n) is 1.65. The summed E-state index contributed by atoms with van der Waals surface area (Å²) < 4.78 is 0. The molecular weight excluding hydrogens is 168 g/mol. The Kier molecular flexibility index (Phi) is 5.66. The van der Waals surface area contributed by atoms with Gasteiger partial charge < -0.3 is 0 Å². The maximum atomic E-state index is 11.3. The second kappa shape index (κ2) is 5.94. The topological polar surface area (TPSA) is 66.6 Å². The summed E-state index contributed by atoms with van der Waals surface area (Å²) in [7, 11) is 0. The molecule has 78 valence electrons. The molecule has 0 aliphatic rings. The summed E-state index contributed by atoms with van der Waals surface area (Å²) in [6, 6.07) is 0. The van der Waals surface area contributed by atoms with E-state index in [4.69, 9.17) is 11.0 Å². The molecule has 0 aromatic carbocycles. The van der Waals surface area contributed by atoms with Crippen LogP contribution in [0.4, 0.5) is 0 Å². The summed E-state index contributed by atoms with van der Waals surface area (Å²) in [5.74, 6) is 4.72. The number of hydroxylamine groups is 1. The first-order chi connectivity index (χ1) is 6.04. The molecule has 1 amide bonds. The number of hydrazine groups is 1. The predicted octanol–water partition coefficient (Wildman–Crippen LogP) is 1.54. The molecule has 4 heteroatoms. The molecule has 0 fully saturated rings. The van der Waals surface area contributed by atoms with Crippen molar-refractivity contribution < 1.29 is 10.0 Å². The summed E-state index contributed by atoms with van der Waals surface area (Å²) in [5.41, 5.74) is 0. The number of nitrogens with two attached hydrogens (primary N) is 1. The van der Waals surface area contributed by atoms with Crippen molar-refractivity contribution in [3.63, 3.8) is 0 Å². The first-order valence-electron chi connectivity index (χ1n) is 4.82. The maximum absolute atomic E-state index is 11.3. The van der Waals surface area contributed by atoms with Gasteiger partial charge in [0.25, 0.3) is 5.91 Å². The molecule has 0 heterocycles. The highest BCUT2D eigenvalue weighted by molar-refractivity contribution is 5.77. The van der Waals surface area contributed by atoms with Gasteiger partial charge in [-0.05, 0) is 12.3 Å². The van der Waals surface area contributed by atoms with Crippen LogP contribution in [-0.2, 0) is 4.79 Å². The molecule has 2 atom stereocenters. The van der Waals surface area contributed by atoms with Crippen LogP contribution in [0.5, 0.6) is 0 Å². The van der Waals surface area contributed by atoms with Gasteiger partial charge in [-0.2, -0.15) is 5.17 Å². The molecule has 13 heavy (non-hydrogen) atoms. The Balaban J connectivity index is 4.23. The monoisotopic (exact) mass is 188 g/mol. The predicted molar refractivity (Wildman–Crippen MR) is 50.7 cm³/mol. The highest BCUT2D eigenvalue weighted by atomic mass is 16.5. The number of nitrogens with zero attached hydrogens (tertiary/aromatic N) is 1. The first-order valence-corrected chi connectivity index (χ1v) is 4.82. The lowest BCUT2D eigenvalue weighted by atomic mass is 9.87. The zero-order valence-electron chi connectivity index (χ0n) is 8.66. The van der Waals surface area contributed by atoms with E-state index >= 15 is 0 Å². The van der Waals surface area contributed by atoms with Crippen molar-refractivity contribution in [3.8, 4) is 0 Å². The maximum Gasteiger partial charge on any atom is 0.264 e. The lowest BCUT2D eigenvalue weighted by Crippen LogP contribution is -2.40. The molecule has 0 bridgehead atoms. The Labute approximate surface area is 79.6 Å². The average Bonchev–Trinajstić information content (AvgIpc) is 2.05. The second-order valence-corrected chi connectivity index (χ2v) is 3.46. The van der Waals surface area contributed by atoms with E-state index in [1.807, 2.05) is 13.8 Å². The zero-order valence-corrected chi connectivity index (χ0v) is 8.66. The molecule has 0 spiro atoms. The SMILES string of the molecule is CCCC(C)C(CC)C(=O)N(N)O. The van der Waals surface area contributed by atoms with Crippen LogP contribution in [0, 0.1) is 11.8 Å². The van der Waals surface area contributed by atoms with Gasteiger partial charge in [0.05, 0.1) is 0 Å². The molecule has 0 aliphatic heterocycles.